The lowest BCUT2D eigenvalue weighted by molar-refractivity contribution is 0.626. The van der Waals surface area contributed by atoms with E-state index in [9.17, 15) is 0 Å². The first-order chi connectivity index (χ1) is 5.68. The van der Waals surface area contributed by atoms with E-state index in [-0.39, 0.29) is 0 Å². The minimum absolute atomic E-state index is 0.884. The number of rotatable bonds is 1. The number of nitrogens with one attached hydrogen (secondary N) is 1. The molecule has 1 nitrogen and oxygen atoms in total. The Balaban J connectivity index is -0.0000000397. The highest BCUT2D eigenvalue weighted by Gasteiger charge is 1.80. The van der Waals surface area contributed by atoms with Gasteiger partial charge in [-0.1, -0.05) is 54.9 Å². The summed E-state index contributed by atoms with van der Waals surface area (Å²) < 4.78 is 0. The summed E-state index contributed by atoms with van der Waals surface area (Å²) in [6, 6.07) is 0. The van der Waals surface area contributed by atoms with Gasteiger partial charge in [-0.2, -0.15) is 0 Å². The largest absolute Gasteiger partial charge is 0.323 e. The Bertz CT molecular complexity index is 26.2. The maximum absolute atomic E-state index is 2.75. The third-order valence-corrected chi connectivity index (χ3v) is 0.816. The van der Waals surface area contributed by atoms with Gasteiger partial charge in [-0.25, -0.2) is 0 Å². The molecule has 0 heterocycles. The predicted molar refractivity (Wildman–Crippen MR) is 62.8 cm³/mol. The summed E-state index contributed by atoms with van der Waals surface area (Å²) in [7, 11) is 3.75. The van der Waals surface area contributed by atoms with Crippen molar-refractivity contribution >= 4 is 0 Å². The van der Waals surface area contributed by atoms with Gasteiger partial charge in [0.1, 0.15) is 0 Å². The SMILES string of the molecule is CC.CC.CCC(C)C.CNC. The molecular formula is C11H31N. The highest BCUT2D eigenvalue weighted by atomic mass is 14.7. The van der Waals surface area contributed by atoms with Crippen molar-refractivity contribution in [2.75, 3.05) is 14.1 Å². The second-order valence-corrected chi connectivity index (χ2v) is 2.30. The van der Waals surface area contributed by atoms with Crippen LogP contribution < -0.4 is 5.32 Å². The van der Waals surface area contributed by atoms with Crippen LogP contribution in [-0.4, -0.2) is 14.1 Å². The van der Waals surface area contributed by atoms with E-state index >= 15 is 0 Å². The van der Waals surface area contributed by atoms with E-state index in [2.05, 4.69) is 26.1 Å². The topological polar surface area (TPSA) is 12.0 Å². The van der Waals surface area contributed by atoms with Gasteiger partial charge in [-0.3, -0.25) is 0 Å². The van der Waals surface area contributed by atoms with Gasteiger partial charge in [0, 0.05) is 0 Å². The fraction of sp³-hybridized carbons (Fsp3) is 1.00. The summed E-state index contributed by atoms with van der Waals surface area (Å²) >= 11 is 0. The molecule has 1 heteroatoms. The van der Waals surface area contributed by atoms with E-state index in [0.29, 0.717) is 0 Å². The van der Waals surface area contributed by atoms with Crippen molar-refractivity contribution < 1.29 is 0 Å². The second kappa shape index (κ2) is 44.2. The Morgan fingerprint density at radius 1 is 0.917 bits per heavy atom. The zero-order valence-corrected chi connectivity index (χ0v) is 10.8. The smallest absolute Gasteiger partial charge is 0.0167 e. The van der Waals surface area contributed by atoms with Crippen LogP contribution in [-0.2, 0) is 0 Å². The van der Waals surface area contributed by atoms with E-state index in [4.69, 9.17) is 0 Å². The van der Waals surface area contributed by atoms with Gasteiger partial charge in [0.15, 0.2) is 0 Å². The van der Waals surface area contributed by atoms with Gasteiger partial charge in [-0.15, -0.1) is 0 Å². The monoisotopic (exact) mass is 177 g/mol. The van der Waals surface area contributed by atoms with Gasteiger partial charge < -0.3 is 5.32 Å². The van der Waals surface area contributed by atoms with Crippen LogP contribution in [0.5, 0.6) is 0 Å². The van der Waals surface area contributed by atoms with E-state index in [0.717, 1.165) is 5.92 Å². The molecule has 0 aliphatic rings. The average molecular weight is 177 g/mol. The lowest BCUT2D eigenvalue weighted by Gasteiger charge is -1.90. The first-order valence-corrected chi connectivity index (χ1v) is 5.27. The van der Waals surface area contributed by atoms with Crippen molar-refractivity contribution in [3.8, 4) is 0 Å². The normalized spacial score (nSPS) is 6.50. The molecule has 0 aliphatic heterocycles. The first kappa shape index (κ1) is 22.7. The molecule has 0 fully saturated rings. The highest BCUT2D eigenvalue weighted by Crippen LogP contribution is 1.93. The van der Waals surface area contributed by atoms with Crippen molar-refractivity contribution in [3.63, 3.8) is 0 Å². The zero-order chi connectivity index (χ0) is 11.0. The predicted octanol–water partition coefficient (Wildman–Crippen LogP) is 3.94. The Morgan fingerprint density at radius 3 is 1.00 bits per heavy atom. The van der Waals surface area contributed by atoms with Crippen LogP contribution >= 0.6 is 0 Å². The van der Waals surface area contributed by atoms with Gasteiger partial charge in [-0.05, 0) is 20.0 Å². The molecule has 0 bridgehead atoms. The summed E-state index contributed by atoms with van der Waals surface area (Å²) in [6.07, 6.45) is 1.31. The Labute approximate surface area is 81.0 Å². The molecule has 0 aromatic heterocycles. The van der Waals surface area contributed by atoms with Crippen molar-refractivity contribution in [2.45, 2.75) is 54.9 Å². The molecule has 1 N–H and O–H groups in total. The fourth-order valence-corrected chi connectivity index (χ4v) is 0. The summed E-state index contributed by atoms with van der Waals surface area (Å²) in [6.45, 7) is 14.6. The minimum atomic E-state index is 0.884. The molecule has 0 saturated carbocycles. The molecule has 0 spiro atoms. The zero-order valence-electron chi connectivity index (χ0n) is 10.8. The third kappa shape index (κ3) is 208. The summed E-state index contributed by atoms with van der Waals surface area (Å²) in [5, 5.41) is 2.75. The van der Waals surface area contributed by atoms with Crippen LogP contribution in [0.4, 0.5) is 0 Å². The van der Waals surface area contributed by atoms with Gasteiger partial charge in [0.25, 0.3) is 0 Å². The summed E-state index contributed by atoms with van der Waals surface area (Å²) in [4.78, 5) is 0. The molecule has 0 aromatic rings. The first-order valence-electron chi connectivity index (χ1n) is 5.27. The maximum atomic E-state index is 2.75. The van der Waals surface area contributed by atoms with Crippen LogP contribution in [0.3, 0.4) is 0 Å². The van der Waals surface area contributed by atoms with Crippen molar-refractivity contribution in [2.24, 2.45) is 5.92 Å². The van der Waals surface area contributed by atoms with E-state index in [1.165, 1.54) is 6.42 Å². The van der Waals surface area contributed by atoms with E-state index in [1.54, 1.807) is 0 Å². The highest BCUT2D eigenvalue weighted by molar-refractivity contribution is 4.32. The standard InChI is InChI=1S/C5H12.C2H7N.2C2H6/c1-4-5(2)3;1-3-2;2*1-2/h5H,4H2,1-3H3;3H,1-2H3;2*1-2H3. The average Bonchev–Trinajstić information content (AvgIpc) is 2.13. The van der Waals surface area contributed by atoms with Crippen LogP contribution in [0.15, 0.2) is 0 Å². The van der Waals surface area contributed by atoms with Crippen molar-refractivity contribution in [3.05, 3.63) is 0 Å². The van der Waals surface area contributed by atoms with E-state index < -0.39 is 0 Å². The molecule has 0 amide bonds. The Morgan fingerprint density at radius 2 is 1.00 bits per heavy atom. The molecule has 0 aliphatic carbocycles. The lowest BCUT2D eigenvalue weighted by Crippen LogP contribution is -1.89. The molecule has 0 saturated heterocycles. The van der Waals surface area contributed by atoms with Crippen molar-refractivity contribution in [1.82, 2.24) is 5.32 Å². The van der Waals surface area contributed by atoms with Crippen LogP contribution in [0.25, 0.3) is 0 Å². The summed E-state index contributed by atoms with van der Waals surface area (Å²) in [5.74, 6) is 0.884. The van der Waals surface area contributed by atoms with Gasteiger partial charge in [0.05, 0.1) is 0 Å². The van der Waals surface area contributed by atoms with Crippen LogP contribution in [0.2, 0.25) is 0 Å². The van der Waals surface area contributed by atoms with Crippen molar-refractivity contribution in [1.29, 1.82) is 0 Å². The molecule has 0 aromatic carbocycles. The quantitative estimate of drug-likeness (QED) is 0.639. The number of hydrogen-bond donors (Lipinski definition) is 1. The molecule has 0 unspecified atom stereocenters. The van der Waals surface area contributed by atoms with E-state index in [1.807, 2.05) is 41.8 Å². The maximum Gasteiger partial charge on any atom is -0.0167 e. The van der Waals surface area contributed by atoms with Gasteiger partial charge in [0.2, 0.25) is 0 Å². The minimum Gasteiger partial charge on any atom is -0.323 e. The van der Waals surface area contributed by atoms with Crippen LogP contribution in [0.1, 0.15) is 54.9 Å². The van der Waals surface area contributed by atoms with Crippen LogP contribution in [0, 0.1) is 5.92 Å². The molecule has 0 radical (unpaired) electrons. The lowest BCUT2D eigenvalue weighted by atomic mass is 10.2. The molecule has 0 rings (SSSR count). The Hall–Kier alpha value is -0.0400. The molecule has 12 heavy (non-hydrogen) atoms. The molecule has 0 atom stereocenters. The Kier molecular flexibility index (Phi) is 83.5. The fourth-order valence-electron chi connectivity index (χ4n) is 0. The molecule has 80 valence electrons. The van der Waals surface area contributed by atoms with Gasteiger partial charge >= 0.3 is 0 Å². The summed E-state index contributed by atoms with van der Waals surface area (Å²) in [5.41, 5.74) is 0. The third-order valence-electron chi connectivity index (χ3n) is 0.816. The molecular weight excluding hydrogens is 146 g/mol. The number of hydrogen-bond acceptors (Lipinski definition) is 1. The second-order valence-electron chi connectivity index (χ2n) is 2.30.